The van der Waals surface area contributed by atoms with Gasteiger partial charge in [-0.05, 0) is 43.7 Å². The van der Waals surface area contributed by atoms with Crippen molar-refractivity contribution in [3.05, 3.63) is 34.9 Å². The number of rotatable bonds is 2. The van der Waals surface area contributed by atoms with Gasteiger partial charge in [-0.1, -0.05) is 23.8 Å². The summed E-state index contributed by atoms with van der Waals surface area (Å²) in [5.41, 5.74) is 10.2. The average molecular weight is 212 g/mol. The van der Waals surface area contributed by atoms with E-state index in [0.717, 1.165) is 5.92 Å². The summed E-state index contributed by atoms with van der Waals surface area (Å²) >= 11 is 0. The Hall–Kier alpha value is -0.530. The zero-order chi connectivity index (χ0) is 9.42. The second-order valence-corrected chi connectivity index (χ2v) is 4.22. The maximum atomic E-state index is 6.17. The van der Waals surface area contributed by atoms with Gasteiger partial charge in [-0.2, -0.15) is 0 Å². The molecule has 1 aliphatic rings. The molecule has 0 saturated heterocycles. The minimum atomic E-state index is 0. The third-order valence-electron chi connectivity index (χ3n) is 2.92. The largest absolute Gasteiger partial charge is 0.324 e. The maximum Gasteiger partial charge on any atom is 0.0326 e. The van der Waals surface area contributed by atoms with E-state index in [1.54, 1.807) is 0 Å². The summed E-state index contributed by atoms with van der Waals surface area (Å²) < 4.78 is 0. The van der Waals surface area contributed by atoms with Gasteiger partial charge in [-0.3, -0.25) is 0 Å². The van der Waals surface area contributed by atoms with E-state index in [0.29, 0.717) is 0 Å². The van der Waals surface area contributed by atoms with Gasteiger partial charge in [0, 0.05) is 6.04 Å². The van der Waals surface area contributed by atoms with E-state index in [1.807, 2.05) is 0 Å². The Bertz CT molecular complexity index is 318. The first-order valence-electron chi connectivity index (χ1n) is 5.01. The second kappa shape index (κ2) is 4.33. The topological polar surface area (TPSA) is 26.0 Å². The van der Waals surface area contributed by atoms with Crippen molar-refractivity contribution >= 4 is 12.4 Å². The summed E-state index contributed by atoms with van der Waals surface area (Å²) in [6.45, 7) is 4.28. The van der Waals surface area contributed by atoms with Crippen molar-refractivity contribution in [1.82, 2.24) is 0 Å². The van der Waals surface area contributed by atoms with Gasteiger partial charge in [-0.25, -0.2) is 0 Å². The number of aryl methyl sites for hydroxylation is 2. The van der Waals surface area contributed by atoms with Crippen LogP contribution in [0.5, 0.6) is 0 Å². The van der Waals surface area contributed by atoms with Crippen LogP contribution in [0.3, 0.4) is 0 Å². The standard InChI is InChI=1S/C12H17N.ClH/c1-8-3-4-9(2)11(7-8)12(13)10-5-6-10;/h3-4,7,10,12H,5-6,13H2,1-2H3;1H/t12-;/m1./s1. The number of nitrogens with two attached hydrogens (primary N) is 1. The van der Waals surface area contributed by atoms with Crippen LogP contribution in [0.1, 0.15) is 35.6 Å². The van der Waals surface area contributed by atoms with Crippen molar-refractivity contribution in [2.24, 2.45) is 11.7 Å². The van der Waals surface area contributed by atoms with Crippen molar-refractivity contribution in [3.8, 4) is 0 Å². The normalized spacial score (nSPS) is 17.4. The van der Waals surface area contributed by atoms with Crippen LogP contribution in [0.25, 0.3) is 0 Å². The first-order valence-corrected chi connectivity index (χ1v) is 5.01. The van der Waals surface area contributed by atoms with Crippen molar-refractivity contribution in [3.63, 3.8) is 0 Å². The zero-order valence-electron chi connectivity index (χ0n) is 8.79. The molecule has 2 heteroatoms. The van der Waals surface area contributed by atoms with E-state index < -0.39 is 0 Å². The van der Waals surface area contributed by atoms with Crippen LogP contribution in [0.15, 0.2) is 18.2 Å². The lowest BCUT2D eigenvalue weighted by atomic mass is 9.97. The molecule has 0 aliphatic heterocycles. The van der Waals surface area contributed by atoms with E-state index in [4.69, 9.17) is 5.73 Å². The SMILES string of the molecule is Cc1ccc(C)c([C@H](N)C2CC2)c1.Cl. The molecule has 2 rings (SSSR count). The third-order valence-corrected chi connectivity index (χ3v) is 2.92. The number of halogens is 1. The summed E-state index contributed by atoms with van der Waals surface area (Å²) in [4.78, 5) is 0. The van der Waals surface area contributed by atoms with Gasteiger partial charge in [0.2, 0.25) is 0 Å². The molecule has 78 valence electrons. The molecule has 1 fully saturated rings. The fourth-order valence-corrected chi connectivity index (χ4v) is 1.83. The quantitative estimate of drug-likeness (QED) is 0.799. The van der Waals surface area contributed by atoms with Crippen molar-refractivity contribution in [1.29, 1.82) is 0 Å². The van der Waals surface area contributed by atoms with E-state index in [1.165, 1.54) is 29.5 Å². The lowest BCUT2D eigenvalue weighted by Gasteiger charge is -2.14. The van der Waals surface area contributed by atoms with Crippen LogP contribution < -0.4 is 5.73 Å². The molecule has 0 spiro atoms. The van der Waals surface area contributed by atoms with Crippen molar-refractivity contribution in [2.75, 3.05) is 0 Å². The van der Waals surface area contributed by atoms with E-state index in [9.17, 15) is 0 Å². The first-order chi connectivity index (χ1) is 6.18. The van der Waals surface area contributed by atoms with Crippen molar-refractivity contribution < 1.29 is 0 Å². The molecule has 2 N–H and O–H groups in total. The smallest absolute Gasteiger partial charge is 0.0326 e. The maximum absolute atomic E-state index is 6.17. The molecule has 1 atom stereocenters. The van der Waals surface area contributed by atoms with Crippen LogP contribution in [0, 0.1) is 19.8 Å². The summed E-state index contributed by atoms with van der Waals surface area (Å²) in [5, 5.41) is 0. The molecule has 1 nitrogen and oxygen atoms in total. The van der Waals surface area contributed by atoms with Gasteiger partial charge in [0.05, 0.1) is 0 Å². The van der Waals surface area contributed by atoms with E-state index in [2.05, 4.69) is 32.0 Å². The molecular weight excluding hydrogens is 194 g/mol. The predicted octanol–water partition coefficient (Wildman–Crippen LogP) is 3.14. The van der Waals surface area contributed by atoms with Gasteiger partial charge in [0.25, 0.3) is 0 Å². The summed E-state index contributed by atoms with van der Waals surface area (Å²) in [7, 11) is 0. The average Bonchev–Trinajstić information content (AvgIpc) is 2.91. The highest BCUT2D eigenvalue weighted by atomic mass is 35.5. The van der Waals surface area contributed by atoms with Gasteiger partial charge in [0.1, 0.15) is 0 Å². The Morgan fingerprint density at radius 1 is 1.29 bits per heavy atom. The fourth-order valence-electron chi connectivity index (χ4n) is 1.83. The monoisotopic (exact) mass is 211 g/mol. The number of hydrogen-bond donors (Lipinski definition) is 1. The Kier molecular flexibility index (Phi) is 3.57. The number of hydrogen-bond acceptors (Lipinski definition) is 1. The van der Waals surface area contributed by atoms with Gasteiger partial charge >= 0.3 is 0 Å². The van der Waals surface area contributed by atoms with Gasteiger partial charge < -0.3 is 5.73 Å². The summed E-state index contributed by atoms with van der Waals surface area (Å²) in [6, 6.07) is 6.84. The van der Waals surface area contributed by atoms with Crippen LogP contribution in [-0.2, 0) is 0 Å². The molecule has 0 amide bonds. The fraction of sp³-hybridized carbons (Fsp3) is 0.500. The highest BCUT2D eigenvalue weighted by Crippen LogP contribution is 2.40. The summed E-state index contributed by atoms with van der Waals surface area (Å²) in [5.74, 6) is 0.750. The zero-order valence-corrected chi connectivity index (χ0v) is 9.60. The number of benzene rings is 1. The first kappa shape index (κ1) is 11.5. The molecule has 1 aromatic rings. The van der Waals surface area contributed by atoms with E-state index >= 15 is 0 Å². The third kappa shape index (κ3) is 2.28. The van der Waals surface area contributed by atoms with E-state index in [-0.39, 0.29) is 18.4 Å². The Morgan fingerprint density at radius 3 is 2.50 bits per heavy atom. The van der Waals surface area contributed by atoms with Gasteiger partial charge in [0.15, 0.2) is 0 Å². The molecule has 1 saturated carbocycles. The highest BCUT2D eigenvalue weighted by molar-refractivity contribution is 5.85. The Labute approximate surface area is 92.1 Å². The summed E-state index contributed by atoms with van der Waals surface area (Å²) in [6.07, 6.45) is 2.63. The van der Waals surface area contributed by atoms with Crippen molar-refractivity contribution in [2.45, 2.75) is 32.7 Å². The van der Waals surface area contributed by atoms with Crippen LogP contribution in [0.2, 0.25) is 0 Å². The Balaban J connectivity index is 0.000000980. The van der Waals surface area contributed by atoms with Crippen LogP contribution >= 0.6 is 12.4 Å². The molecule has 0 unspecified atom stereocenters. The molecule has 1 aliphatic carbocycles. The highest BCUT2D eigenvalue weighted by Gasteiger charge is 2.30. The molecule has 0 radical (unpaired) electrons. The second-order valence-electron chi connectivity index (χ2n) is 4.22. The molecular formula is C12H18ClN. The molecule has 0 heterocycles. The van der Waals surface area contributed by atoms with Crippen LogP contribution in [-0.4, -0.2) is 0 Å². The molecule has 1 aromatic carbocycles. The molecule has 0 aromatic heterocycles. The van der Waals surface area contributed by atoms with Gasteiger partial charge in [-0.15, -0.1) is 12.4 Å². The Morgan fingerprint density at radius 2 is 1.93 bits per heavy atom. The molecule has 14 heavy (non-hydrogen) atoms. The lowest BCUT2D eigenvalue weighted by molar-refractivity contribution is 0.629. The minimum Gasteiger partial charge on any atom is -0.324 e. The predicted molar refractivity (Wildman–Crippen MR) is 62.8 cm³/mol. The minimum absolute atomic E-state index is 0. The van der Waals surface area contributed by atoms with Crippen LogP contribution in [0.4, 0.5) is 0 Å². The molecule has 0 bridgehead atoms. The lowest BCUT2D eigenvalue weighted by Crippen LogP contribution is -2.13.